The first-order valence-corrected chi connectivity index (χ1v) is 8.92. The van der Waals surface area contributed by atoms with E-state index >= 15 is 0 Å². The number of carbonyl (C=O) groups is 1. The molecule has 0 saturated heterocycles. The number of amides is 2. The molecule has 1 aliphatic carbocycles. The summed E-state index contributed by atoms with van der Waals surface area (Å²) >= 11 is 0. The summed E-state index contributed by atoms with van der Waals surface area (Å²) in [6.45, 7) is 2.90. The fraction of sp³-hybridized carbons (Fsp3) is 0.474. The Bertz CT molecular complexity index is 757. The highest BCUT2D eigenvalue weighted by molar-refractivity contribution is 5.73. The van der Waals surface area contributed by atoms with Crippen LogP contribution >= 0.6 is 0 Å². The standard InChI is InChI=1S/C19H25N5O/c1-22(2)19(25)23-7-8-24-18(13-23)11-17(21-24)12-20-16-9-14-5-3-4-6-15(14)10-16/h3-6,11,16,20H,7-10,12-13H2,1-2H3. The maximum absolute atomic E-state index is 12.1. The minimum atomic E-state index is 0.0656. The molecule has 0 fully saturated rings. The lowest BCUT2D eigenvalue weighted by Gasteiger charge is -2.29. The molecule has 0 unspecified atom stereocenters. The predicted octanol–water partition coefficient (Wildman–Crippen LogP) is 1.64. The van der Waals surface area contributed by atoms with Crippen molar-refractivity contribution in [3.05, 3.63) is 52.8 Å². The van der Waals surface area contributed by atoms with Gasteiger partial charge in [0.05, 0.1) is 24.5 Å². The number of urea groups is 1. The van der Waals surface area contributed by atoms with Gasteiger partial charge in [-0.1, -0.05) is 24.3 Å². The van der Waals surface area contributed by atoms with Crippen LogP contribution in [0, 0.1) is 0 Å². The average molecular weight is 339 g/mol. The molecule has 4 rings (SSSR count). The highest BCUT2D eigenvalue weighted by Gasteiger charge is 2.24. The van der Waals surface area contributed by atoms with Gasteiger partial charge < -0.3 is 15.1 Å². The molecular weight excluding hydrogens is 314 g/mol. The molecule has 0 atom stereocenters. The molecule has 1 aromatic carbocycles. The topological polar surface area (TPSA) is 53.4 Å². The minimum Gasteiger partial charge on any atom is -0.331 e. The largest absolute Gasteiger partial charge is 0.331 e. The Labute approximate surface area is 148 Å². The van der Waals surface area contributed by atoms with E-state index in [-0.39, 0.29) is 6.03 Å². The second-order valence-corrected chi connectivity index (χ2v) is 7.20. The van der Waals surface area contributed by atoms with E-state index in [0.717, 1.165) is 43.9 Å². The van der Waals surface area contributed by atoms with Gasteiger partial charge in [-0.25, -0.2) is 4.79 Å². The second kappa shape index (κ2) is 6.52. The lowest BCUT2D eigenvalue weighted by atomic mass is 10.1. The van der Waals surface area contributed by atoms with Crippen molar-refractivity contribution < 1.29 is 4.79 Å². The Morgan fingerprint density at radius 2 is 1.96 bits per heavy atom. The highest BCUT2D eigenvalue weighted by atomic mass is 16.2. The van der Waals surface area contributed by atoms with Gasteiger partial charge in [-0.2, -0.15) is 5.10 Å². The van der Waals surface area contributed by atoms with Crippen molar-refractivity contribution in [1.82, 2.24) is 24.9 Å². The third kappa shape index (κ3) is 3.26. The summed E-state index contributed by atoms with van der Waals surface area (Å²) in [5.74, 6) is 0. The first-order valence-electron chi connectivity index (χ1n) is 8.92. The quantitative estimate of drug-likeness (QED) is 0.925. The molecule has 2 heterocycles. The highest BCUT2D eigenvalue weighted by Crippen LogP contribution is 2.22. The Hall–Kier alpha value is -2.34. The molecule has 1 aromatic heterocycles. The van der Waals surface area contributed by atoms with Crippen molar-refractivity contribution in [2.75, 3.05) is 20.6 Å². The number of hydrogen-bond donors (Lipinski definition) is 1. The molecule has 2 amide bonds. The van der Waals surface area contributed by atoms with Crippen LogP contribution in [0.3, 0.4) is 0 Å². The average Bonchev–Trinajstić information content (AvgIpc) is 3.21. The molecule has 2 aliphatic rings. The van der Waals surface area contributed by atoms with Gasteiger partial charge in [-0.05, 0) is 30.0 Å². The number of nitrogens with one attached hydrogen (secondary N) is 1. The Balaban J connectivity index is 1.36. The van der Waals surface area contributed by atoms with Crippen molar-refractivity contribution in [2.24, 2.45) is 0 Å². The van der Waals surface area contributed by atoms with Crippen LogP contribution in [0.2, 0.25) is 0 Å². The van der Waals surface area contributed by atoms with Gasteiger partial charge in [0.15, 0.2) is 0 Å². The summed E-state index contributed by atoms with van der Waals surface area (Å²) in [4.78, 5) is 15.6. The lowest BCUT2D eigenvalue weighted by Crippen LogP contribution is -2.43. The number of rotatable bonds is 3. The van der Waals surface area contributed by atoms with Crippen molar-refractivity contribution >= 4 is 6.03 Å². The molecule has 1 N–H and O–H groups in total. The zero-order chi connectivity index (χ0) is 17.4. The van der Waals surface area contributed by atoms with Gasteiger partial charge in [-0.15, -0.1) is 0 Å². The SMILES string of the molecule is CN(C)C(=O)N1CCn2nc(CNC3Cc4ccccc4C3)cc2C1. The van der Waals surface area contributed by atoms with Gasteiger partial charge in [0.1, 0.15) is 0 Å². The summed E-state index contributed by atoms with van der Waals surface area (Å²) in [6.07, 6.45) is 2.18. The normalized spacial score (nSPS) is 16.6. The Morgan fingerprint density at radius 1 is 1.24 bits per heavy atom. The maximum atomic E-state index is 12.1. The van der Waals surface area contributed by atoms with E-state index in [2.05, 4.69) is 35.6 Å². The summed E-state index contributed by atoms with van der Waals surface area (Å²) in [6, 6.07) is 11.4. The maximum Gasteiger partial charge on any atom is 0.319 e. The Morgan fingerprint density at radius 3 is 2.64 bits per heavy atom. The summed E-state index contributed by atoms with van der Waals surface area (Å²) < 4.78 is 2.04. The van der Waals surface area contributed by atoms with Gasteiger partial charge in [0, 0.05) is 33.2 Å². The smallest absolute Gasteiger partial charge is 0.319 e. The molecule has 1 aliphatic heterocycles. The summed E-state index contributed by atoms with van der Waals surface area (Å²) in [5.41, 5.74) is 5.10. The van der Waals surface area contributed by atoms with Crippen LogP contribution in [0.1, 0.15) is 22.5 Å². The van der Waals surface area contributed by atoms with Gasteiger partial charge in [0.25, 0.3) is 0 Å². The van der Waals surface area contributed by atoms with E-state index in [1.165, 1.54) is 11.1 Å². The molecule has 0 bridgehead atoms. The fourth-order valence-electron chi connectivity index (χ4n) is 3.81. The van der Waals surface area contributed by atoms with Crippen LogP contribution in [0.15, 0.2) is 30.3 Å². The molecule has 0 spiro atoms. The molecular formula is C19H25N5O. The van der Waals surface area contributed by atoms with Crippen LogP contribution in [-0.2, 0) is 32.5 Å². The van der Waals surface area contributed by atoms with Crippen LogP contribution in [0.4, 0.5) is 4.79 Å². The molecule has 0 radical (unpaired) electrons. The number of nitrogens with zero attached hydrogens (tertiary/aromatic N) is 4. The molecule has 0 saturated carbocycles. The van der Waals surface area contributed by atoms with E-state index in [1.807, 2.05) is 9.58 Å². The van der Waals surface area contributed by atoms with Crippen LogP contribution in [0.5, 0.6) is 0 Å². The monoisotopic (exact) mass is 339 g/mol. The third-order valence-corrected chi connectivity index (χ3v) is 5.12. The summed E-state index contributed by atoms with van der Waals surface area (Å²) in [5, 5.41) is 8.34. The Kier molecular flexibility index (Phi) is 4.21. The number of benzene rings is 1. The first kappa shape index (κ1) is 16.1. The van der Waals surface area contributed by atoms with Gasteiger partial charge in [-0.3, -0.25) is 4.68 Å². The number of hydrogen-bond acceptors (Lipinski definition) is 3. The van der Waals surface area contributed by atoms with E-state index in [0.29, 0.717) is 12.6 Å². The predicted molar refractivity (Wildman–Crippen MR) is 96.2 cm³/mol. The van der Waals surface area contributed by atoms with E-state index in [9.17, 15) is 4.79 Å². The van der Waals surface area contributed by atoms with Gasteiger partial charge in [0.2, 0.25) is 0 Å². The minimum absolute atomic E-state index is 0.0656. The molecule has 6 nitrogen and oxygen atoms in total. The van der Waals surface area contributed by atoms with Crippen LogP contribution in [-0.4, -0.2) is 52.3 Å². The number of carbonyl (C=O) groups excluding carboxylic acids is 1. The third-order valence-electron chi connectivity index (χ3n) is 5.12. The molecule has 2 aromatic rings. The van der Waals surface area contributed by atoms with Crippen molar-refractivity contribution in [3.63, 3.8) is 0 Å². The van der Waals surface area contributed by atoms with Gasteiger partial charge >= 0.3 is 6.03 Å². The molecule has 6 heteroatoms. The lowest BCUT2D eigenvalue weighted by molar-refractivity contribution is 0.155. The first-order chi connectivity index (χ1) is 12.1. The van der Waals surface area contributed by atoms with Crippen molar-refractivity contribution in [3.8, 4) is 0 Å². The van der Waals surface area contributed by atoms with E-state index < -0.39 is 0 Å². The van der Waals surface area contributed by atoms with Crippen molar-refractivity contribution in [1.29, 1.82) is 0 Å². The zero-order valence-electron chi connectivity index (χ0n) is 14.9. The van der Waals surface area contributed by atoms with Crippen LogP contribution in [0.25, 0.3) is 0 Å². The van der Waals surface area contributed by atoms with Crippen LogP contribution < -0.4 is 5.32 Å². The van der Waals surface area contributed by atoms with E-state index in [4.69, 9.17) is 5.10 Å². The molecule has 132 valence electrons. The van der Waals surface area contributed by atoms with Crippen molar-refractivity contribution in [2.45, 2.75) is 38.5 Å². The van der Waals surface area contributed by atoms with E-state index in [1.54, 1.807) is 19.0 Å². The zero-order valence-corrected chi connectivity index (χ0v) is 14.9. The second-order valence-electron chi connectivity index (χ2n) is 7.20. The molecule has 25 heavy (non-hydrogen) atoms. The fourth-order valence-corrected chi connectivity index (χ4v) is 3.81. The number of fused-ring (bicyclic) bond motifs is 2. The number of aromatic nitrogens is 2. The summed E-state index contributed by atoms with van der Waals surface area (Å²) in [7, 11) is 3.59.